The molecule has 3 aromatic carbocycles. The molecule has 0 saturated carbocycles. The van der Waals surface area contributed by atoms with Crippen molar-refractivity contribution in [2.75, 3.05) is 10.6 Å². The van der Waals surface area contributed by atoms with Crippen molar-refractivity contribution in [3.63, 3.8) is 0 Å². The highest BCUT2D eigenvalue weighted by molar-refractivity contribution is 6.05. The molecule has 4 heteroatoms. The van der Waals surface area contributed by atoms with Gasteiger partial charge >= 0.3 is 0 Å². The first kappa shape index (κ1) is 17.0. The zero-order valence-electron chi connectivity index (χ0n) is 14.8. The predicted octanol–water partition coefficient (Wildman–Crippen LogP) is 4.34. The molecular weight excluding hydrogens is 336 g/mol. The average molecular weight is 356 g/mol. The number of carbonyl (C=O) groups is 2. The van der Waals surface area contributed by atoms with Gasteiger partial charge in [-0.3, -0.25) is 9.59 Å². The Bertz CT molecular complexity index is 982. The van der Waals surface area contributed by atoms with E-state index in [4.69, 9.17) is 0 Å². The number of rotatable bonds is 4. The van der Waals surface area contributed by atoms with Crippen molar-refractivity contribution < 1.29 is 9.59 Å². The van der Waals surface area contributed by atoms with Crippen LogP contribution in [0.25, 0.3) is 0 Å². The summed E-state index contributed by atoms with van der Waals surface area (Å²) < 4.78 is 0. The summed E-state index contributed by atoms with van der Waals surface area (Å²) in [6, 6.07) is 25.4. The second-order valence-corrected chi connectivity index (χ2v) is 6.70. The summed E-state index contributed by atoms with van der Waals surface area (Å²) in [7, 11) is 0. The Morgan fingerprint density at radius 1 is 0.926 bits per heavy atom. The van der Waals surface area contributed by atoms with Gasteiger partial charge in [0.2, 0.25) is 11.8 Å². The van der Waals surface area contributed by atoms with Gasteiger partial charge in [0.15, 0.2) is 0 Å². The maximum atomic E-state index is 13.0. The van der Waals surface area contributed by atoms with Gasteiger partial charge in [0.05, 0.1) is 5.92 Å². The molecule has 1 atom stereocenters. The zero-order valence-corrected chi connectivity index (χ0v) is 14.8. The molecule has 134 valence electrons. The van der Waals surface area contributed by atoms with Crippen LogP contribution in [0.5, 0.6) is 0 Å². The van der Waals surface area contributed by atoms with Gasteiger partial charge in [-0.25, -0.2) is 0 Å². The van der Waals surface area contributed by atoms with Crippen molar-refractivity contribution in [3.05, 3.63) is 95.6 Å². The number of hydrogen-bond acceptors (Lipinski definition) is 2. The lowest BCUT2D eigenvalue weighted by Crippen LogP contribution is -2.31. The highest BCUT2D eigenvalue weighted by Gasteiger charge is 2.30. The Kier molecular flexibility index (Phi) is 4.71. The summed E-state index contributed by atoms with van der Waals surface area (Å²) in [6.45, 7) is 0. The highest BCUT2D eigenvalue weighted by Crippen LogP contribution is 2.33. The van der Waals surface area contributed by atoms with Crippen molar-refractivity contribution in [1.82, 2.24) is 0 Å². The maximum Gasteiger partial charge on any atom is 0.232 e. The van der Waals surface area contributed by atoms with E-state index in [0.29, 0.717) is 5.69 Å². The van der Waals surface area contributed by atoms with Crippen LogP contribution in [0, 0.1) is 0 Å². The monoisotopic (exact) mass is 356 g/mol. The van der Waals surface area contributed by atoms with Crippen molar-refractivity contribution >= 4 is 23.2 Å². The van der Waals surface area contributed by atoms with Crippen LogP contribution in [0.2, 0.25) is 0 Å². The van der Waals surface area contributed by atoms with Crippen LogP contribution in [0.15, 0.2) is 78.9 Å². The van der Waals surface area contributed by atoms with Crippen molar-refractivity contribution in [3.8, 4) is 0 Å². The van der Waals surface area contributed by atoms with Crippen LogP contribution >= 0.6 is 0 Å². The summed E-state index contributed by atoms with van der Waals surface area (Å²) in [6.07, 6.45) is 0.892. The summed E-state index contributed by atoms with van der Waals surface area (Å²) in [5, 5.41) is 5.88. The number of fused-ring (bicyclic) bond motifs is 1. The fourth-order valence-corrected chi connectivity index (χ4v) is 3.48. The smallest absolute Gasteiger partial charge is 0.232 e. The second kappa shape index (κ2) is 7.46. The molecule has 27 heavy (non-hydrogen) atoms. The minimum atomic E-state index is -0.486. The van der Waals surface area contributed by atoms with E-state index in [1.54, 1.807) is 0 Å². The van der Waals surface area contributed by atoms with Crippen molar-refractivity contribution in [2.24, 2.45) is 0 Å². The normalized spacial score (nSPS) is 15.6. The molecule has 0 radical (unpaired) electrons. The second-order valence-electron chi connectivity index (χ2n) is 6.70. The molecule has 0 bridgehead atoms. The number of benzene rings is 3. The third-order valence-electron chi connectivity index (χ3n) is 4.83. The van der Waals surface area contributed by atoms with Crippen LogP contribution in [0.3, 0.4) is 0 Å². The first-order valence-corrected chi connectivity index (χ1v) is 9.02. The summed E-state index contributed by atoms with van der Waals surface area (Å²) >= 11 is 0. The van der Waals surface area contributed by atoms with Gasteiger partial charge in [-0.2, -0.15) is 0 Å². The molecule has 3 aromatic rings. The third-order valence-corrected chi connectivity index (χ3v) is 4.83. The van der Waals surface area contributed by atoms with E-state index in [9.17, 15) is 9.59 Å². The molecule has 0 fully saturated rings. The minimum absolute atomic E-state index is 0.133. The van der Waals surface area contributed by atoms with Crippen LogP contribution in [0.4, 0.5) is 11.4 Å². The van der Waals surface area contributed by atoms with E-state index >= 15 is 0 Å². The van der Waals surface area contributed by atoms with E-state index in [2.05, 4.69) is 22.8 Å². The lowest BCUT2D eigenvalue weighted by molar-refractivity contribution is -0.123. The average Bonchev–Trinajstić information content (AvgIpc) is 2.69. The third kappa shape index (κ3) is 3.75. The summed E-state index contributed by atoms with van der Waals surface area (Å²) in [5.41, 5.74) is 4.59. The number of anilines is 2. The van der Waals surface area contributed by atoms with Crippen LogP contribution in [-0.4, -0.2) is 11.8 Å². The molecule has 1 aliphatic rings. The Morgan fingerprint density at radius 2 is 1.63 bits per heavy atom. The lowest BCUT2D eigenvalue weighted by atomic mass is 9.89. The van der Waals surface area contributed by atoms with Gasteiger partial charge in [-0.15, -0.1) is 0 Å². The molecule has 1 unspecified atom stereocenters. The number of carbonyl (C=O) groups excluding carboxylic acids is 2. The molecule has 0 aliphatic carbocycles. The lowest BCUT2D eigenvalue weighted by Gasteiger charge is -2.25. The molecule has 4 rings (SSSR count). The molecular formula is C23H20N2O2. The first-order valence-electron chi connectivity index (χ1n) is 9.02. The largest absolute Gasteiger partial charge is 0.326 e. The molecule has 0 aromatic heterocycles. The highest BCUT2D eigenvalue weighted by atomic mass is 16.2. The van der Waals surface area contributed by atoms with Crippen molar-refractivity contribution in [2.45, 2.75) is 18.8 Å². The van der Waals surface area contributed by atoms with Gasteiger partial charge in [0.1, 0.15) is 0 Å². The SMILES string of the molecule is O=C1CC(C(=O)Nc2ccccc2Cc2ccccc2)c2ccccc2N1. The molecule has 0 spiro atoms. The summed E-state index contributed by atoms with van der Waals surface area (Å²) in [5.74, 6) is -0.774. The fraction of sp³-hybridized carbons (Fsp3) is 0.130. The molecule has 2 amide bonds. The van der Waals surface area contributed by atoms with Gasteiger partial charge in [-0.1, -0.05) is 66.7 Å². The van der Waals surface area contributed by atoms with E-state index in [1.807, 2.05) is 66.7 Å². The number of hydrogen-bond donors (Lipinski definition) is 2. The Morgan fingerprint density at radius 3 is 2.48 bits per heavy atom. The molecule has 1 aliphatic heterocycles. The van der Waals surface area contributed by atoms with E-state index in [1.165, 1.54) is 5.56 Å². The van der Waals surface area contributed by atoms with Crippen LogP contribution < -0.4 is 10.6 Å². The van der Waals surface area contributed by atoms with Crippen LogP contribution in [0.1, 0.15) is 29.0 Å². The molecule has 1 heterocycles. The fourth-order valence-electron chi connectivity index (χ4n) is 3.48. The molecule has 0 saturated heterocycles. The topological polar surface area (TPSA) is 58.2 Å². The Hall–Kier alpha value is -3.40. The van der Waals surface area contributed by atoms with Gasteiger partial charge in [0, 0.05) is 17.8 Å². The zero-order chi connectivity index (χ0) is 18.6. The van der Waals surface area contributed by atoms with Gasteiger partial charge in [0.25, 0.3) is 0 Å². The van der Waals surface area contributed by atoms with E-state index < -0.39 is 5.92 Å². The predicted molar refractivity (Wildman–Crippen MR) is 107 cm³/mol. The standard InChI is InChI=1S/C23H20N2O2/c26-22-15-19(18-11-5-7-13-21(18)24-22)23(27)25-20-12-6-4-10-17(20)14-16-8-2-1-3-9-16/h1-13,19H,14-15H2,(H,24,26)(H,25,27). The number of amides is 2. The van der Waals surface area contributed by atoms with Crippen molar-refractivity contribution in [1.29, 1.82) is 0 Å². The summed E-state index contributed by atoms with van der Waals surface area (Å²) in [4.78, 5) is 25.0. The quantitative estimate of drug-likeness (QED) is 0.730. The van der Waals surface area contributed by atoms with Crippen LogP contribution in [-0.2, 0) is 16.0 Å². The van der Waals surface area contributed by atoms with Gasteiger partial charge in [-0.05, 0) is 35.2 Å². The minimum Gasteiger partial charge on any atom is -0.326 e. The molecule has 2 N–H and O–H groups in total. The maximum absolute atomic E-state index is 13.0. The Labute approximate surface area is 158 Å². The van der Waals surface area contributed by atoms with Gasteiger partial charge < -0.3 is 10.6 Å². The first-order chi connectivity index (χ1) is 13.2. The molecule has 4 nitrogen and oxygen atoms in total. The number of nitrogens with one attached hydrogen (secondary N) is 2. The Balaban J connectivity index is 1.58. The van der Waals surface area contributed by atoms with E-state index in [-0.39, 0.29) is 18.2 Å². The van der Waals surface area contributed by atoms with E-state index in [0.717, 1.165) is 23.2 Å². The number of para-hydroxylation sites is 2.